The van der Waals surface area contributed by atoms with E-state index < -0.39 is 0 Å². The van der Waals surface area contributed by atoms with Crippen LogP contribution in [0.5, 0.6) is 0 Å². The Bertz CT molecular complexity index is 637. The molecule has 22 heavy (non-hydrogen) atoms. The van der Waals surface area contributed by atoms with Crippen LogP contribution in [0.1, 0.15) is 16.7 Å². The van der Waals surface area contributed by atoms with Crippen molar-refractivity contribution in [3.63, 3.8) is 0 Å². The first-order valence-electron chi connectivity index (χ1n) is 7.78. The molecule has 0 amide bonds. The first kappa shape index (κ1) is 14.6. The van der Waals surface area contributed by atoms with Gasteiger partial charge in [-0.3, -0.25) is 9.98 Å². The highest BCUT2D eigenvalue weighted by atomic mass is 15.3. The third-order valence-corrected chi connectivity index (χ3v) is 4.06. The summed E-state index contributed by atoms with van der Waals surface area (Å²) in [6.45, 7) is 2.82. The number of hydrogen-bond donors (Lipinski definition) is 1. The summed E-state index contributed by atoms with van der Waals surface area (Å²) in [4.78, 5) is 10.9. The van der Waals surface area contributed by atoms with E-state index in [1.54, 1.807) is 6.20 Å². The maximum absolute atomic E-state index is 4.43. The predicted octanol–water partition coefficient (Wildman–Crippen LogP) is 2.26. The van der Waals surface area contributed by atoms with Gasteiger partial charge in [0.15, 0.2) is 5.96 Å². The molecule has 0 radical (unpaired) electrons. The van der Waals surface area contributed by atoms with E-state index in [4.69, 9.17) is 0 Å². The fourth-order valence-corrected chi connectivity index (χ4v) is 2.87. The summed E-state index contributed by atoms with van der Waals surface area (Å²) in [5, 5.41) is 3.47. The molecule has 0 saturated carbocycles. The molecule has 2 aromatic rings. The zero-order chi connectivity index (χ0) is 15.2. The molecule has 0 fully saturated rings. The van der Waals surface area contributed by atoms with Crippen molar-refractivity contribution < 1.29 is 0 Å². The molecule has 2 heterocycles. The van der Waals surface area contributed by atoms with Gasteiger partial charge >= 0.3 is 0 Å². The van der Waals surface area contributed by atoms with Crippen LogP contribution in [0.3, 0.4) is 0 Å². The second-order valence-corrected chi connectivity index (χ2v) is 5.53. The highest BCUT2D eigenvalue weighted by Gasteiger charge is 2.18. The van der Waals surface area contributed by atoms with Gasteiger partial charge in [-0.15, -0.1) is 0 Å². The van der Waals surface area contributed by atoms with Gasteiger partial charge in [0.1, 0.15) is 0 Å². The third kappa shape index (κ3) is 3.45. The quantitative estimate of drug-likeness (QED) is 0.697. The summed E-state index contributed by atoms with van der Waals surface area (Å²) < 4.78 is 0. The third-order valence-electron chi connectivity index (χ3n) is 4.06. The summed E-state index contributed by atoms with van der Waals surface area (Å²) >= 11 is 0. The number of hydrogen-bond acceptors (Lipinski definition) is 2. The monoisotopic (exact) mass is 294 g/mol. The fraction of sp³-hybridized carbons (Fsp3) is 0.333. The fourth-order valence-electron chi connectivity index (χ4n) is 2.87. The normalized spacial score (nSPS) is 14.6. The molecule has 1 aromatic heterocycles. The predicted molar refractivity (Wildman–Crippen MR) is 89.9 cm³/mol. The SMILES string of the molecule is CN=C(NCCc1cccnc1)N1CCc2ccccc2C1. The summed E-state index contributed by atoms with van der Waals surface area (Å²) in [6.07, 6.45) is 5.76. The number of pyridine rings is 1. The van der Waals surface area contributed by atoms with Crippen molar-refractivity contribution in [2.24, 2.45) is 4.99 Å². The van der Waals surface area contributed by atoms with E-state index in [0.717, 1.165) is 38.4 Å². The van der Waals surface area contributed by atoms with E-state index in [2.05, 4.69) is 50.5 Å². The molecule has 0 aliphatic carbocycles. The van der Waals surface area contributed by atoms with Crippen LogP contribution in [0.4, 0.5) is 0 Å². The van der Waals surface area contributed by atoms with Crippen LogP contribution in [-0.2, 0) is 19.4 Å². The zero-order valence-corrected chi connectivity index (χ0v) is 13.0. The van der Waals surface area contributed by atoms with E-state index in [0.29, 0.717) is 0 Å². The highest BCUT2D eigenvalue weighted by Crippen LogP contribution is 2.18. The summed E-state index contributed by atoms with van der Waals surface area (Å²) in [5.41, 5.74) is 4.11. The second-order valence-electron chi connectivity index (χ2n) is 5.53. The van der Waals surface area contributed by atoms with Gasteiger partial charge in [-0.1, -0.05) is 30.3 Å². The molecule has 4 nitrogen and oxygen atoms in total. The van der Waals surface area contributed by atoms with Crippen molar-refractivity contribution in [2.45, 2.75) is 19.4 Å². The molecule has 1 aromatic carbocycles. The van der Waals surface area contributed by atoms with Crippen molar-refractivity contribution in [3.05, 3.63) is 65.5 Å². The van der Waals surface area contributed by atoms with Gasteiger partial charge in [-0.05, 0) is 35.6 Å². The molecule has 1 aliphatic rings. The Balaban J connectivity index is 1.57. The van der Waals surface area contributed by atoms with Crippen molar-refractivity contribution in [2.75, 3.05) is 20.1 Å². The Morgan fingerprint density at radius 1 is 1.23 bits per heavy atom. The minimum Gasteiger partial charge on any atom is -0.356 e. The zero-order valence-electron chi connectivity index (χ0n) is 13.0. The molecular formula is C18H22N4. The van der Waals surface area contributed by atoms with Gasteiger partial charge in [-0.25, -0.2) is 0 Å². The van der Waals surface area contributed by atoms with Gasteiger partial charge < -0.3 is 10.2 Å². The first-order chi connectivity index (χ1) is 10.9. The van der Waals surface area contributed by atoms with Crippen LogP contribution in [0, 0.1) is 0 Å². The van der Waals surface area contributed by atoms with Crippen LogP contribution in [0.15, 0.2) is 53.8 Å². The Morgan fingerprint density at radius 3 is 2.86 bits per heavy atom. The molecule has 3 rings (SSSR count). The van der Waals surface area contributed by atoms with Crippen LogP contribution in [-0.4, -0.2) is 36.0 Å². The molecule has 0 bridgehead atoms. The van der Waals surface area contributed by atoms with Crippen LogP contribution in [0.25, 0.3) is 0 Å². The Kier molecular flexibility index (Phi) is 4.68. The number of nitrogens with one attached hydrogen (secondary N) is 1. The number of rotatable bonds is 3. The number of nitrogens with zero attached hydrogens (tertiary/aromatic N) is 3. The molecule has 0 atom stereocenters. The standard InChI is InChI=1S/C18H22N4/c1-19-18(21-11-8-15-5-4-10-20-13-15)22-12-9-16-6-2-3-7-17(16)14-22/h2-7,10,13H,8-9,11-12,14H2,1H3,(H,19,21). The van der Waals surface area contributed by atoms with Crippen LogP contribution >= 0.6 is 0 Å². The summed E-state index contributed by atoms with van der Waals surface area (Å²) in [5.74, 6) is 0.985. The average molecular weight is 294 g/mol. The van der Waals surface area contributed by atoms with Gasteiger partial charge in [0.25, 0.3) is 0 Å². The largest absolute Gasteiger partial charge is 0.356 e. The maximum Gasteiger partial charge on any atom is 0.193 e. The molecule has 0 saturated heterocycles. The lowest BCUT2D eigenvalue weighted by Crippen LogP contribution is -2.44. The van der Waals surface area contributed by atoms with Crippen molar-refractivity contribution in [3.8, 4) is 0 Å². The summed E-state index contributed by atoms with van der Waals surface area (Å²) in [7, 11) is 1.85. The smallest absolute Gasteiger partial charge is 0.193 e. The minimum absolute atomic E-state index is 0.872. The molecule has 0 unspecified atom stereocenters. The maximum atomic E-state index is 4.43. The lowest BCUT2D eigenvalue weighted by molar-refractivity contribution is 0.379. The van der Waals surface area contributed by atoms with E-state index >= 15 is 0 Å². The number of aliphatic imine (C=N–C) groups is 1. The molecule has 1 aliphatic heterocycles. The van der Waals surface area contributed by atoms with Crippen molar-refractivity contribution in [1.29, 1.82) is 0 Å². The van der Waals surface area contributed by atoms with E-state index in [-0.39, 0.29) is 0 Å². The minimum atomic E-state index is 0.872. The highest BCUT2D eigenvalue weighted by molar-refractivity contribution is 5.80. The summed E-state index contributed by atoms with van der Waals surface area (Å²) in [6, 6.07) is 12.8. The van der Waals surface area contributed by atoms with E-state index in [9.17, 15) is 0 Å². The van der Waals surface area contributed by atoms with E-state index in [1.807, 2.05) is 19.3 Å². The molecule has 1 N–H and O–H groups in total. The topological polar surface area (TPSA) is 40.5 Å². The number of benzene rings is 1. The van der Waals surface area contributed by atoms with Gasteiger partial charge in [0.2, 0.25) is 0 Å². The lowest BCUT2D eigenvalue weighted by Gasteiger charge is -2.31. The Labute approximate surface area is 131 Å². The van der Waals surface area contributed by atoms with Gasteiger partial charge in [0, 0.05) is 39.1 Å². The number of fused-ring (bicyclic) bond motifs is 1. The van der Waals surface area contributed by atoms with E-state index in [1.165, 1.54) is 16.7 Å². The number of aromatic nitrogens is 1. The van der Waals surface area contributed by atoms with Crippen LogP contribution in [0.2, 0.25) is 0 Å². The second kappa shape index (κ2) is 7.07. The van der Waals surface area contributed by atoms with Crippen molar-refractivity contribution >= 4 is 5.96 Å². The number of guanidine groups is 1. The molecule has 114 valence electrons. The first-order valence-corrected chi connectivity index (χ1v) is 7.78. The van der Waals surface area contributed by atoms with Gasteiger partial charge in [0.05, 0.1) is 0 Å². The van der Waals surface area contributed by atoms with Gasteiger partial charge in [-0.2, -0.15) is 0 Å². The van der Waals surface area contributed by atoms with Crippen LogP contribution < -0.4 is 5.32 Å². The Morgan fingerprint density at radius 2 is 2.09 bits per heavy atom. The molecular weight excluding hydrogens is 272 g/mol. The lowest BCUT2D eigenvalue weighted by atomic mass is 10.0. The average Bonchev–Trinajstić information content (AvgIpc) is 2.59. The van der Waals surface area contributed by atoms with Crippen molar-refractivity contribution in [1.82, 2.24) is 15.2 Å². The molecule has 0 spiro atoms. The Hall–Kier alpha value is -2.36. The molecule has 4 heteroatoms.